The Bertz CT molecular complexity index is 315. The smallest absolute Gasteiger partial charge is 0.214 e. The van der Waals surface area contributed by atoms with Gasteiger partial charge in [0.1, 0.15) is 5.03 Å². The summed E-state index contributed by atoms with van der Waals surface area (Å²) in [6.07, 6.45) is 1.17. The Morgan fingerprint density at radius 2 is 2.20 bits per heavy atom. The Labute approximate surface area is 95.4 Å². The first-order valence-electron chi connectivity index (χ1n) is 5.06. The van der Waals surface area contributed by atoms with E-state index in [1.54, 1.807) is 24.9 Å². The molecule has 84 valence electrons. The van der Waals surface area contributed by atoms with Gasteiger partial charge in [0.15, 0.2) is 0 Å². The summed E-state index contributed by atoms with van der Waals surface area (Å²) in [6, 6.07) is 3.62. The van der Waals surface area contributed by atoms with Gasteiger partial charge in [-0.3, -0.25) is 0 Å². The maximum absolute atomic E-state index is 5.82. The molecule has 0 bridgehead atoms. The van der Waals surface area contributed by atoms with Gasteiger partial charge in [-0.2, -0.15) is 0 Å². The molecule has 0 spiro atoms. The highest BCUT2D eigenvalue weighted by molar-refractivity contribution is 7.99. The summed E-state index contributed by atoms with van der Waals surface area (Å²) < 4.78 is 5.06. The van der Waals surface area contributed by atoms with E-state index in [1.165, 1.54) is 6.42 Å². The summed E-state index contributed by atoms with van der Waals surface area (Å²) in [7, 11) is 1.61. The number of nitrogen functional groups attached to an aromatic ring is 1. The molecular weight excluding hydrogens is 208 g/mol. The zero-order chi connectivity index (χ0) is 11.3. The standard InChI is InChI=1S/C11H18N2OS/c1-8(2)6-7-15-11-9(12)4-5-10(13-11)14-3/h4-5,8H,6-7,12H2,1-3H3. The van der Waals surface area contributed by atoms with Crippen LogP contribution in [0.25, 0.3) is 0 Å². The lowest BCUT2D eigenvalue weighted by Crippen LogP contribution is -1.96. The van der Waals surface area contributed by atoms with Crippen LogP contribution in [0.1, 0.15) is 20.3 Å². The number of hydrogen-bond donors (Lipinski definition) is 1. The molecule has 0 aliphatic carbocycles. The molecule has 0 radical (unpaired) electrons. The molecule has 15 heavy (non-hydrogen) atoms. The molecule has 0 atom stereocenters. The minimum atomic E-state index is 0.622. The van der Waals surface area contributed by atoms with Crippen molar-refractivity contribution in [2.75, 3.05) is 18.6 Å². The molecule has 0 unspecified atom stereocenters. The van der Waals surface area contributed by atoms with Crippen molar-refractivity contribution in [2.24, 2.45) is 5.92 Å². The molecule has 1 aromatic heterocycles. The monoisotopic (exact) mass is 226 g/mol. The van der Waals surface area contributed by atoms with E-state index >= 15 is 0 Å². The van der Waals surface area contributed by atoms with E-state index in [-0.39, 0.29) is 0 Å². The van der Waals surface area contributed by atoms with E-state index in [9.17, 15) is 0 Å². The van der Waals surface area contributed by atoms with Crippen LogP contribution in [0.15, 0.2) is 17.2 Å². The minimum Gasteiger partial charge on any atom is -0.481 e. The maximum atomic E-state index is 5.82. The van der Waals surface area contributed by atoms with Gasteiger partial charge in [-0.1, -0.05) is 13.8 Å². The molecule has 1 rings (SSSR count). The van der Waals surface area contributed by atoms with Crippen molar-refractivity contribution in [3.63, 3.8) is 0 Å². The molecule has 0 fully saturated rings. The van der Waals surface area contributed by atoms with Gasteiger partial charge in [-0.25, -0.2) is 4.98 Å². The van der Waals surface area contributed by atoms with Gasteiger partial charge < -0.3 is 10.5 Å². The molecule has 0 aliphatic rings. The first-order valence-corrected chi connectivity index (χ1v) is 6.05. The van der Waals surface area contributed by atoms with E-state index in [2.05, 4.69) is 18.8 Å². The zero-order valence-electron chi connectivity index (χ0n) is 9.49. The Morgan fingerprint density at radius 3 is 2.80 bits per heavy atom. The molecule has 0 amide bonds. The van der Waals surface area contributed by atoms with Crippen LogP contribution in [0.4, 0.5) is 5.69 Å². The Balaban J connectivity index is 2.59. The highest BCUT2D eigenvalue weighted by Gasteiger charge is 2.04. The van der Waals surface area contributed by atoms with E-state index in [0.717, 1.165) is 16.5 Å². The van der Waals surface area contributed by atoms with Crippen LogP contribution >= 0.6 is 11.8 Å². The number of hydrogen-bond acceptors (Lipinski definition) is 4. The molecule has 0 saturated carbocycles. The Hall–Kier alpha value is -0.900. The highest BCUT2D eigenvalue weighted by Crippen LogP contribution is 2.26. The van der Waals surface area contributed by atoms with Crippen LogP contribution in [0.2, 0.25) is 0 Å². The van der Waals surface area contributed by atoms with E-state index in [4.69, 9.17) is 10.5 Å². The Morgan fingerprint density at radius 1 is 1.47 bits per heavy atom. The number of pyridine rings is 1. The highest BCUT2D eigenvalue weighted by atomic mass is 32.2. The predicted molar refractivity (Wildman–Crippen MR) is 65.4 cm³/mol. The van der Waals surface area contributed by atoms with E-state index < -0.39 is 0 Å². The number of nitrogens with zero attached hydrogens (tertiary/aromatic N) is 1. The van der Waals surface area contributed by atoms with Gasteiger partial charge in [-0.05, 0) is 24.2 Å². The van der Waals surface area contributed by atoms with Gasteiger partial charge in [0.05, 0.1) is 12.8 Å². The molecule has 0 aromatic carbocycles. The number of rotatable bonds is 5. The molecule has 0 aliphatic heterocycles. The van der Waals surface area contributed by atoms with E-state index in [1.807, 2.05) is 6.07 Å². The van der Waals surface area contributed by atoms with Crippen molar-refractivity contribution in [1.29, 1.82) is 0 Å². The predicted octanol–water partition coefficient (Wildman–Crippen LogP) is 2.81. The number of aromatic nitrogens is 1. The number of anilines is 1. The van der Waals surface area contributed by atoms with Crippen molar-refractivity contribution >= 4 is 17.4 Å². The summed E-state index contributed by atoms with van der Waals surface area (Å²) in [5, 5.41) is 0.870. The largest absolute Gasteiger partial charge is 0.481 e. The van der Waals surface area contributed by atoms with Gasteiger partial charge >= 0.3 is 0 Å². The summed E-state index contributed by atoms with van der Waals surface area (Å²) in [5.41, 5.74) is 6.55. The average molecular weight is 226 g/mol. The van der Waals surface area contributed by atoms with Crippen LogP contribution in [-0.2, 0) is 0 Å². The van der Waals surface area contributed by atoms with Gasteiger partial charge in [0.25, 0.3) is 0 Å². The summed E-state index contributed by atoms with van der Waals surface area (Å²) >= 11 is 1.69. The third-order valence-corrected chi connectivity index (χ3v) is 3.05. The molecule has 2 N–H and O–H groups in total. The number of thioether (sulfide) groups is 1. The van der Waals surface area contributed by atoms with Gasteiger partial charge in [0.2, 0.25) is 5.88 Å². The molecule has 1 aromatic rings. The zero-order valence-corrected chi connectivity index (χ0v) is 10.3. The van der Waals surface area contributed by atoms with Crippen LogP contribution in [0.5, 0.6) is 5.88 Å². The van der Waals surface area contributed by atoms with Crippen molar-refractivity contribution < 1.29 is 4.74 Å². The molecule has 3 nitrogen and oxygen atoms in total. The molecule has 4 heteroatoms. The van der Waals surface area contributed by atoms with Crippen LogP contribution in [-0.4, -0.2) is 17.8 Å². The lowest BCUT2D eigenvalue weighted by Gasteiger charge is -2.07. The third kappa shape index (κ3) is 4.00. The van der Waals surface area contributed by atoms with E-state index in [0.29, 0.717) is 11.8 Å². The lowest BCUT2D eigenvalue weighted by atomic mass is 10.2. The summed E-state index contributed by atoms with van der Waals surface area (Å²) in [4.78, 5) is 4.30. The van der Waals surface area contributed by atoms with Crippen LogP contribution < -0.4 is 10.5 Å². The molecular formula is C11H18N2OS. The van der Waals surface area contributed by atoms with Crippen molar-refractivity contribution in [3.8, 4) is 5.88 Å². The second-order valence-corrected chi connectivity index (χ2v) is 4.86. The normalized spacial score (nSPS) is 10.7. The number of ether oxygens (including phenoxy) is 1. The average Bonchev–Trinajstić information content (AvgIpc) is 2.20. The van der Waals surface area contributed by atoms with Crippen molar-refractivity contribution in [1.82, 2.24) is 4.98 Å². The fourth-order valence-electron chi connectivity index (χ4n) is 1.05. The van der Waals surface area contributed by atoms with Crippen molar-refractivity contribution in [3.05, 3.63) is 12.1 Å². The maximum Gasteiger partial charge on any atom is 0.214 e. The summed E-state index contributed by atoms with van der Waals surface area (Å²) in [6.45, 7) is 4.42. The quantitative estimate of drug-likeness (QED) is 0.784. The third-order valence-electron chi connectivity index (χ3n) is 2.01. The first kappa shape index (κ1) is 12.2. The second-order valence-electron chi connectivity index (χ2n) is 3.78. The SMILES string of the molecule is COc1ccc(N)c(SCCC(C)C)n1. The summed E-state index contributed by atoms with van der Waals surface area (Å²) in [5.74, 6) is 2.38. The number of nitrogens with two attached hydrogens (primary N) is 1. The van der Waals surface area contributed by atoms with Crippen LogP contribution in [0.3, 0.4) is 0 Å². The fraction of sp³-hybridized carbons (Fsp3) is 0.545. The number of methoxy groups -OCH3 is 1. The molecule has 0 saturated heterocycles. The van der Waals surface area contributed by atoms with Crippen molar-refractivity contribution in [2.45, 2.75) is 25.3 Å². The van der Waals surface area contributed by atoms with Gasteiger partial charge in [0, 0.05) is 6.07 Å². The lowest BCUT2D eigenvalue weighted by molar-refractivity contribution is 0.395. The van der Waals surface area contributed by atoms with Gasteiger partial charge in [-0.15, -0.1) is 11.8 Å². The minimum absolute atomic E-state index is 0.622. The topological polar surface area (TPSA) is 48.1 Å². The Kier molecular flexibility index (Phi) is 4.75. The second kappa shape index (κ2) is 5.85. The first-order chi connectivity index (χ1) is 7.13. The fourth-order valence-corrected chi connectivity index (χ4v) is 2.23. The van der Waals surface area contributed by atoms with Crippen LogP contribution in [0, 0.1) is 5.92 Å². The molecule has 1 heterocycles.